The van der Waals surface area contributed by atoms with Gasteiger partial charge >= 0.3 is 0 Å². The predicted molar refractivity (Wildman–Crippen MR) is 151 cm³/mol. The standard InChI is InChI=1S/C31H29FN6O2/c1-19(39)35-16-20-5-3-6-22(11-20)26-17-36-28-9-8-27(23-12-21(15-33)13-24(32)14-23)37-30(28)29(26)31(40)38(2)18-25-7-4-10-34-25/h3,5-6,8-9,11-14,17,25,34H,4,7,10,16,18H2,1-2H3,(H,35,39)/t25-/m0/s1. The lowest BCUT2D eigenvalue weighted by Crippen LogP contribution is -2.39. The van der Waals surface area contributed by atoms with Crippen LogP contribution in [0.15, 0.2) is 60.8 Å². The van der Waals surface area contributed by atoms with Crippen LogP contribution in [0, 0.1) is 17.1 Å². The molecule has 1 fully saturated rings. The number of aromatic nitrogens is 2. The van der Waals surface area contributed by atoms with Gasteiger partial charge in [-0.1, -0.05) is 18.2 Å². The lowest BCUT2D eigenvalue weighted by atomic mass is 9.97. The van der Waals surface area contributed by atoms with Crippen LogP contribution >= 0.6 is 0 Å². The van der Waals surface area contributed by atoms with Gasteiger partial charge in [0.1, 0.15) is 11.3 Å². The van der Waals surface area contributed by atoms with Crippen molar-refractivity contribution in [1.29, 1.82) is 5.26 Å². The molecule has 8 nitrogen and oxygen atoms in total. The van der Waals surface area contributed by atoms with Crippen LogP contribution in [-0.2, 0) is 11.3 Å². The van der Waals surface area contributed by atoms with Crippen LogP contribution in [0.25, 0.3) is 33.4 Å². The Balaban J connectivity index is 1.66. The summed E-state index contributed by atoms with van der Waals surface area (Å²) in [6.45, 7) is 3.29. The molecule has 202 valence electrons. The van der Waals surface area contributed by atoms with Gasteiger partial charge < -0.3 is 15.5 Å². The summed E-state index contributed by atoms with van der Waals surface area (Å²) >= 11 is 0. The summed E-state index contributed by atoms with van der Waals surface area (Å²) in [5, 5.41) is 15.6. The number of hydrogen-bond acceptors (Lipinski definition) is 6. The quantitative estimate of drug-likeness (QED) is 0.361. The maximum Gasteiger partial charge on any atom is 0.256 e. The Morgan fingerprint density at radius 2 is 2.02 bits per heavy atom. The van der Waals surface area contributed by atoms with Crippen LogP contribution in [0.5, 0.6) is 0 Å². The summed E-state index contributed by atoms with van der Waals surface area (Å²) in [5.41, 5.74) is 4.59. The van der Waals surface area contributed by atoms with Crippen LogP contribution in [0.4, 0.5) is 4.39 Å². The molecular formula is C31H29FN6O2. The molecule has 4 aromatic rings. The number of hydrogen-bond donors (Lipinski definition) is 2. The predicted octanol–water partition coefficient (Wildman–Crippen LogP) is 4.43. The highest BCUT2D eigenvalue weighted by Gasteiger charge is 2.25. The third kappa shape index (κ3) is 5.82. The van der Waals surface area contributed by atoms with Crippen molar-refractivity contribution >= 4 is 22.8 Å². The largest absolute Gasteiger partial charge is 0.352 e. The Labute approximate surface area is 231 Å². The zero-order valence-corrected chi connectivity index (χ0v) is 22.4. The number of fused-ring (bicyclic) bond motifs is 1. The first-order valence-corrected chi connectivity index (χ1v) is 13.2. The Bertz CT molecular complexity index is 1640. The van der Waals surface area contributed by atoms with Gasteiger partial charge in [0.2, 0.25) is 5.91 Å². The van der Waals surface area contributed by atoms with Crippen molar-refractivity contribution in [1.82, 2.24) is 25.5 Å². The third-order valence-electron chi connectivity index (χ3n) is 7.03. The Morgan fingerprint density at radius 1 is 1.18 bits per heavy atom. The summed E-state index contributed by atoms with van der Waals surface area (Å²) < 4.78 is 14.3. The van der Waals surface area contributed by atoms with E-state index >= 15 is 0 Å². The molecule has 9 heteroatoms. The van der Waals surface area contributed by atoms with Gasteiger partial charge in [-0.05, 0) is 66.9 Å². The fourth-order valence-electron chi connectivity index (χ4n) is 5.06. The second-order valence-electron chi connectivity index (χ2n) is 10.0. The van der Waals surface area contributed by atoms with Crippen molar-refractivity contribution in [2.45, 2.75) is 32.4 Å². The number of benzene rings is 2. The maximum absolute atomic E-state index is 14.3. The minimum absolute atomic E-state index is 0.135. The summed E-state index contributed by atoms with van der Waals surface area (Å²) in [6.07, 6.45) is 3.74. The van der Waals surface area contributed by atoms with Gasteiger partial charge in [0.05, 0.1) is 28.4 Å². The molecule has 2 aromatic carbocycles. The van der Waals surface area contributed by atoms with Crippen molar-refractivity contribution < 1.29 is 14.0 Å². The highest BCUT2D eigenvalue weighted by molar-refractivity contribution is 6.10. The first-order valence-electron chi connectivity index (χ1n) is 13.2. The van der Waals surface area contributed by atoms with Crippen LogP contribution in [0.1, 0.15) is 41.3 Å². The van der Waals surface area contributed by atoms with Crippen molar-refractivity contribution in [2.75, 3.05) is 20.1 Å². The molecule has 0 bridgehead atoms. The second kappa shape index (κ2) is 11.6. The van der Waals surface area contributed by atoms with Crippen molar-refractivity contribution in [3.05, 3.63) is 83.3 Å². The molecule has 1 saturated heterocycles. The fourth-order valence-corrected chi connectivity index (χ4v) is 5.06. The number of pyridine rings is 2. The molecular weight excluding hydrogens is 507 g/mol. The van der Waals surface area contributed by atoms with Crippen LogP contribution in [0.3, 0.4) is 0 Å². The SMILES string of the molecule is CC(=O)NCc1cccc(-c2cnc3ccc(-c4cc(F)cc(C#N)c4)nc3c2C(=O)N(C)C[C@@H]2CCCN2)c1. The number of rotatable bonds is 7. The van der Waals surface area contributed by atoms with E-state index in [1.807, 2.05) is 30.3 Å². The molecule has 2 aromatic heterocycles. The number of carbonyl (C=O) groups excluding carboxylic acids is 2. The van der Waals surface area contributed by atoms with Gasteiger partial charge in [-0.15, -0.1) is 0 Å². The maximum atomic E-state index is 14.3. The number of nitrogens with zero attached hydrogens (tertiary/aromatic N) is 4. The minimum atomic E-state index is -0.543. The van der Waals surface area contributed by atoms with Crippen LogP contribution in [-0.4, -0.2) is 52.9 Å². The molecule has 1 aliphatic rings. The molecule has 0 unspecified atom stereocenters. The number of likely N-dealkylation sites (N-methyl/N-ethyl adjacent to an activating group) is 1. The van der Waals surface area contributed by atoms with Crippen molar-refractivity contribution in [3.63, 3.8) is 0 Å². The normalized spacial score (nSPS) is 14.6. The van der Waals surface area contributed by atoms with Crippen LogP contribution in [0.2, 0.25) is 0 Å². The minimum Gasteiger partial charge on any atom is -0.352 e. The number of nitrogens with one attached hydrogen (secondary N) is 2. The number of nitriles is 1. The van der Waals surface area contributed by atoms with Crippen molar-refractivity contribution in [3.8, 4) is 28.5 Å². The lowest BCUT2D eigenvalue weighted by molar-refractivity contribution is -0.119. The molecule has 2 amide bonds. The molecule has 5 rings (SSSR count). The molecule has 3 heterocycles. The average molecular weight is 537 g/mol. The van der Waals surface area contributed by atoms with Gasteiger partial charge in [-0.2, -0.15) is 5.26 Å². The van der Waals surface area contributed by atoms with Crippen LogP contribution < -0.4 is 10.6 Å². The van der Waals surface area contributed by atoms with E-state index in [2.05, 4.69) is 15.6 Å². The molecule has 40 heavy (non-hydrogen) atoms. The molecule has 1 atom stereocenters. The summed E-state index contributed by atoms with van der Waals surface area (Å²) in [4.78, 5) is 36.7. The molecule has 0 spiro atoms. The Kier molecular flexibility index (Phi) is 7.80. The van der Waals surface area contributed by atoms with Crippen molar-refractivity contribution in [2.24, 2.45) is 0 Å². The zero-order chi connectivity index (χ0) is 28.2. The second-order valence-corrected chi connectivity index (χ2v) is 10.0. The number of carbonyl (C=O) groups is 2. The smallest absolute Gasteiger partial charge is 0.256 e. The van der Waals surface area contributed by atoms with Gasteiger partial charge in [-0.3, -0.25) is 14.6 Å². The van der Waals surface area contributed by atoms with E-state index in [0.717, 1.165) is 30.5 Å². The highest BCUT2D eigenvalue weighted by Crippen LogP contribution is 2.32. The monoisotopic (exact) mass is 536 g/mol. The fraction of sp³-hybridized carbons (Fsp3) is 0.258. The Morgan fingerprint density at radius 3 is 2.77 bits per heavy atom. The molecule has 2 N–H and O–H groups in total. The molecule has 0 aliphatic carbocycles. The van der Waals surface area contributed by atoms with E-state index in [9.17, 15) is 19.2 Å². The molecule has 0 radical (unpaired) electrons. The number of amides is 2. The van der Waals surface area contributed by atoms with E-state index in [1.54, 1.807) is 36.3 Å². The van der Waals surface area contributed by atoms with E-state index in [4.69, 9.17) is 4.98 Å². The topological polar surface area (TPSA) is 111 Å². The van der Waals surface area contributed by atoms with E-state index in [-0.39, 0.29) is 23.4 Å². The summed E-state index contributed by atoms with van der Waals surface area (Å²) in [5.74, 6) is -0.881. The summed E-state index contributed by atoms with van der Waals surface area (Å²) in [7, 11) is 1.78. The van der Waals surface area contributed by atoms with E-state index in [0.29, 0.717) is 46.5 Å². The third-order valence-corrected chi connectivity index (χ3v) is 7.03. The van der Waals surface area contributed by atoms with Gasteiger partial charge in [0.15, 0.2) is 0 Å². The Hall–Kier alpha value is -4.68. The van der Waals surface area contributed by atoms with E-state index in [1.165, 1.54) is 19.1 Å². The average Bonchev–Trinajstić information content (AvgIpc) is 3.47. The van der Waals surface area contributed by atoms with Gasteiger partial charge in [0.25, 0.3) is 5.91 Å². The van der Waals surface area contributed by atoms with E-state index < -0.39 is 5.82 Å². The lowest BCUT2D eigenvalue weighted by Gasteiger charge is -2.23. The number of halogens is 1. The first-order chi connectivity index (χ1) is 19.3. The first kappa shape index (κ1) is 26.9. The highest BCUT2D eigenvalue weighted by atomic mass is 19.1. The summed E-state index contributed by atoms with van der Waals surface area (Å²) in [6, 6.07) is 17.3. The van der Waals surface area contributed by atoms with Gasteiger partial charge in [0, 0.05) is 50.4 Å². The molecule has 1 aliphatic heterocycles. The zero-order valence-electron chi connectivity index (χ0n) is 22.4. The van der Waals surface area contributed by atoms with Gasteiger partial charge in [-0.25, -0.2) is 9.37 Å². The molecule has 0 saturated carbocycles.